The Morgan fingerprint density at radius 1 is 1.36 bits per heavy atom. The number of fused-ring (bicyclic) bond motifs is 1. The molecular formula is C19H26N4O5. The van der Waals surface area contributed by atoms with Crippen LogP contribution in [0.2, 0.25) is 0 Å². The van der Waals surface area contributed by atoms with E-state index < -0.39 is 17.7 Å². The summed E-state index contributed by atoms with van der Waals surface area (Å²) in [6.45, 7) is 4.11. The molecule has 1 aliphatic heterocycles. The summed E-state index contributed by atoms with van der Waals surface area (Å²) >= 11 is 0. The van der Waals surface area contributed by atoms with Crippen molar-refractivity contribution in [2.24, 2.45) is 7.05 Å². The second-order valence-electron chi connectivity index (χ2n) is 7.26. The van der Waals surface area contributed by atoms with Crippen molar-refractivity contribution < 1.29 is 24.3 Å². The van der Waals surface area contributed by atoms with Crippen LogP contribution in [-0.2, 0) is 26.1 Å². The van der Waals surface area contributed by atoms with Crippen molar-refractivity contribution in [2.45, 2.75) is 31.8 Å². The Morgan fingerprint density at radius 3 is 2.79 bits per heavy atom. The lowest BCUT2D eigenvalue weighted by Gasteiger charge is -2.20. The number of nitrogens with one attached hydrogen (secondary N) is 3. The van der Waals surface area contributed by atoms with Gasteiger partial charge in [-0.25, -0.2) is 5.48 Å². The molecule has 9 heteroatoms. The molecule has 9 nitrogen and oxygen atoms in total. The predicted octanol–water partition coefficient (Wildman–Crippen LogP) is 0.582. The number of nitrogens with zero attached hydrogens (tertiary/aromatic N) is 1. The molecule has 1 aromatic carbocycles. The van der Waals surface area contributed by atoms with Crippen LogP contribution in [0.15, 0.2) is 30.5 Å². The molecule has 3 rings (SSSR count). The van der Waals surface area contributed by atoms with Crippen molar-refractivity contribution in [2.75, 3.05) is 19.7 Å². The first-order chi connectivity index (χ1) is 13.3. The molecule has 2 amide bonds. The van der Waals surface area contributed by atoms with Gasteiger partial charge in [-0.3, -0.25) is 20.1 Å². The van der Waals surface area contributed by atoms with Crippen LogP contribution >= 0.6 is 0 Å². The van der Waals surface area contributed by atoms with Crippen LogP contribution < -0.4 is 16.1 Å². The number of rotatable bonds is 7. The third-order valence-electron chi connectivity index (χ3n) is 4.66. The molecule has 1 saturated heterocycles. The van der Waals surface area contributed by atoms with Gasteiger partial charge < -0.3 is 19.4 Å². The van der Waals surface area contributed by atoms with Gasteiger partial charge in [-0.05, 0) is 19.9 Å². The van der Waals surface area contributed by atoms with E-state index in [0.717, 1.165) is 16.5 Å². The van der Waals surface area contributed by atoms with Gasteiger partial charge in [-0.15, -0.1) is 0 Å². The maximum Gasteiger partial charge on any atom is 0.257 e. The van der Waals surface area contributed by atoms with Crippen molar-refractivity contribution >= 4 is 22.7 Å². The SMILES string of the molecule is Cn1cc(C(NCC(=O)NO)C(=O)NCC2COC(C)(C)O2)c2ccccc21. The van der Waals surface area contributed by atoms with Crippen molar-refractivity contribution in [3.05, 3.63) is 36.0 Å². The van der Waals surface area contributed by atoms with E-state index in [1.165, 1.54) is 0 Å². The Bertz CT molecular complexity index is 863. The molecule has 2 aromatic rings. The lowest BCUT2D eigenvalue weighted by Crippen LogP contribution is -2.44. The molecule has 152 valence electrons. The first-order valence-corrected chi connectivity index (χ1v) is 9.10. The first-order valence-electron chi connectivity index (χ1n) is 9.10. The molecule has 0 spiro atoms. The fourth-order valence-corrected chi connectivity index (χ4v) is 3.36. The Balaban J connectivity index is 1.78. The smallest absolute Gasteiger partial charge is 0.257 e. The predicted molar refractivity (Wildman–Crippen MR) is 102 cm³/mol. The number of ether oxygens (including phenoxy) is 2. The Kier molecular flexibility index (Phi) is 5.99. The Morgan fingerprint density at radius 2 is 2.11 bits per heavy atom. The summed E-state index contributed by atoms with van der Waals surface area (Å²) in [4.78, 5) is 24.4. The van der Waals surface area contributed by atoms with Gasteiger partial charge in [-0.1, -0.05) is 18.2 Å². The summed E-state index contributed by atoms with van der Waals surface area (Å²) in [6.07, 6.45) is 1.62. The van der Waals surface area contributed by atoms with Crippen LogP contribution in [0.5, 0.6) is 0 Å². The highest BCUT2D eigenvalue weighted by atomic mass is 16.7. The molecule has 2 unspecified atom stereocenters. The van der Waals surface area contributed by atoms with Crippen LogP contribution in [0, 0.1) is 0 Å². The number of para-hydroxylation sites is 1. The molecule has 4 N–H and O–H groups in total. The average Bonchev–Trinajstić information content (AvgIpc) is 3.19. The number of aromatic nitrogens is 1. The Labute approximate surface area is 162 Å². The second-order valence-corrected chi connectivity index (χ2v) is 7.26. The summed E-state index contributed by atoms with van der Waals surface area (Å²) in [5.74, 6) is -1.59. The maximum absolute atomic E-state index is 12.9. The molecule has 0 aliphatic carbocycles. The number of benzene rings is 1. The maximum atomic E-state index is 12.9. The summed E-state index contributed by atoms with van der Waals surface area (Å²) in [6, 6.07) is 6.92. The summed E-state index contributed by atoms with van der Waals surface area (Å²) < 4.78 is 13.2. The Hall–Kier alpha value is -2.46. The lowest BCUT2D eigenvalue weighted by atomic mass is 10.0. The largest absolute Gasteiger partial charge is 0.352 e. The van der Waals surface area contributed by atoms with E-state index in [0.29, 0.717) is 6.61 Å². The van der Waals surface area contributed by atoms with Crippen LogP contribution in [0.25, 0.3) is 10.9 Å². The van der Waals surface area contributed by atoms with Crippen LogP contribution in [0.1, 0.15) is 25.5 Å². The molecule has 1 aromatic heterocycles. The average molecular weight is 390 g/mol. The highest BCUT2D eigenvalue weighted by molar-refractivity contribution is 5.92. The molecule has 0 saturated carbocycles. The molecule has 28 heavy (non-hydrogen) atoms. The van der Waals surface area contributed by atoms with Crippen molar-refractivity contribution in [3.8, 4) is 0 Å². The van der Waals surface area contributed by atoms with E-state index in [9.17, 15) is 9.59 Å². The van der Waals surface area contributed by atoms with Crippen molar-refractivity contribution in [3.63, 3.8) is 0 Å². The third-order valence-corrected chi connectivity index (χ3v) is 4.66. The van der Waals surface area contributed by atoms with E-state index >= 15 is 0 Å². The number of hydrogen-bond acceptors (Lipinski definition) is 6. The fraction of sp³-hybridized carbons (Fsp3) is 0.474. The first kappa shape index (κ1) is 20.3. The van der Waals surface area contributed by atoms with Gasteiger partial charge >= 0.3 is 0 Å². The second kappa shape index (κ2) is 8.27. The van der Waals surface area contributed by atoms with Gasteiger partial charge in [0.2, 0.25) is 5.91 Å². The van der Waals surface area contributed by atoms with Crippen LogP contribution in [0.3, 0.4) is 0 Å². The van der Waals surface area contributed by atoms with Gasteiger partial charge in [0.1, 0.15) is 12.1 Å². The topological polar surface area (TPSA) is 114 Å². The minimum Gasteiger partial charge on any atom is -0.352 e. The quantitative estimate of drug-likeness (QED) is 0.406. The van der Waals surface area contributed by atoms with Gasteiger partial charge in [0.25, 0.3) is 5.91 Å². The van der Waals surface area contributed by atoms with E-state index in [2.05, 4.69) is 10.6 Å². The molecule has 0 bridgehead atoms. The van der Waals surface area contributed by atoms with Crippen molar-refractivity contribution in [1.82, 2.24) is 20.7 Å². The fourth-order valence-electron chi connectivity index (χ4n) is 3.36. The zero-order chi connectivity index (χ0) is 20.3. The zero-order valence-corrected chi connectivity index (χ0v) is 16.2. The molecule has 2 atom stereocenters. The highest BCUT2D eigenvalue weighted by Crippen LogP contribution is 2.26. The molecular weight excluding hydrogens is 364 g/mol. The van der Waals surface area contributed by atoms with Gasteiger partial charge in [0.05, 0.1) is 13.2 Å². The number of hydroxylamine groups is 1. The van der Waals surface area contributed by atoms with Gasteiger partial charge in [0, 0.05) is 36.3 Å². The summed E-state index contributed by atoms with van der Waals surface area (Å²) in [5.41, 5.74) is 3.28. The summed E-state index contributed by atoms with van der Waals surface area (Å²) in [7, 11) is 1.90. The molecule has 2 heterocycles. The monoisotopic (exact) mass is 390 g/mol. The third kappa shape index (κ3) is 4.50. The minimum absolute atomic E-state index is 0.214. The molecule has 1 aliphatic rings. The number of hydrogen-bond donors (Lipinski definition) is 4. The number of amides is 2. The minimum atomic E-state index is -0.779. The van der Waals surface area contributed by atoms with Crippen LogP contribution in [-0.4, -0.2) is 53.2 Å². The van der Waals surface area contributed by atoms with Crippen LogP contribution in [0.4, 0.5) is 0 Å². The van der Waals surface area contributed by atoms with Gasteiger partial charge in [0.15, 0.2) is 5.79 Å². The van der Waals surface area contributed by atoms with E-state index in [1.54, 1.807) is 5.48 Å². The lowest BCUT2D eigenvalue weighted by molar-refractivity contribution is -0.139. The van der Waals surface area contributed by atoms with Gasteiger partial charge in [-0.2, -0.15) is 0 Å². The molecule has 0 radical (unpaired) electrons. The highest BCUT2D eigenvalue weighted by Gasteiger charge is 2.33. The normalized spacial score (nSPS) is 19.5. The molecule has 1 fully saturated rings. The number of carbonyl (C=O) groups is 2. The van der Waals surface area contributed by atoms with E-state index in [4.69, 9.17) is 14.7 Å². The van der Waals surface area contributed by atoms with E-state index in [-0.39, 0.29) is 25.1 Å². The standard InChI is InChI=1S/C19H26N4O5/c1-19(2)27-11-12(28-19)8-21-18(25)17(20-9-16(24)22-26)14-10-23(3)15-7-5-4-6-13(14)15/h4-7,10,12,17,20,26H,8-9,11H2,1-3H3,(H,21,25)(H,22,24). The number of carbonyl (C=O) groups excluding carboxylic acids is 2. The number of aryl methyl sites for hydroxylation is 1. The van der Waals surface area contributed by atoms with E-state index in [1.807, 2.05) is 55.9 Å². The van der Waals surface area contributed by atoms with Crippen molar-refractivity contribution in [1.29, 1.82) is 0 Å². The summed E-state index contributed by atoms with van der Waals surface area (Å²) in [5, 5.41) is 15.4. The zero-order valence-electron chi connectivity index (χ0n) is 16.2.